The molecule has 4 N–H and O–H groups in total. The van der Waals surface area contributed by atoms with Crippen molar-refractivity contribution >= 4 is 5.97 Å². The Kier molecular flexibility index (Phi) is 21.0. The summed E-state index contributed by atoms with van der Waals surface area (Å²) in [7, 11) is 0. The summed E-state index contributed by atoms with van der Waals surface area (Å²) >= 11 is 0. The number of unbranched alkanes of at least 4 members (excludes halogenated alkanes) is 8. The molecule has 3 heteroatoms. The van der Waals surface area contributed by atoms with E-state index in [1.807, 2.05) is 6.08 Å². The Labute approximate surface area is 182 Å². The molecule has 0 aromatic carbocycles. The molecule has 0 unspecified atom stereocenters. The van der Waals surface area contributed by atoms with Crippen LogP contribution in [0.5, 0.6) is 0 Å². The molecule has 3 nitrogen and oxygen atoms in total. The van der Waals surface area contributed by atoms with Gasteiger partial charge in [0.05, 0.1) is 5.97 Å². The maximum Gasteiger partial charge on any atom is 0.0674 e. The molecule has 0 amide bonds. The molecule has 0 atom stereocenters. The fraction of sp³-hybridized carbons (Fsp3) is 0.808. The molecular weight excluding hydrogens is 358 g/mol. The molecule has 0 radical (unpaired) electrons. The predicted octanol–water partition coefficient (Wildman–Crippen LogP) is 7.90. The lowest BCUT2D eigenvalue weighted by atomic mass is 9.71. The Hall–Kier alpha value is -1.09. The van der Waals surface area contributed by atoms with Gasteiger partial charge < -0.3 is 16.1 Å². The van der Waals surface area contributed by atoms with Gasteiger partial charge >= 0.3 is 0 Å². The van der Waals surface area contributed by atoms with Gasteiger partial charge in [-0.05, 0) is 55.9 Å². The van der Waals surface area contributed by atoms with Crippen LogP contribution in [-0.4, -0.2) is 5.97 Å². The Balaban J connectivity index is 0. The zero-order chi connectivity index (χ0) is 21.1. The molecular formula is C26H51NO2. The normalized spacial score (nSPS) is 11.9. The average molecular weight is 410 g/mol. The number of allylic oxidation sites excluding steroid dienone is 2. The van der Waals surface area contributed by atoms with Gasteiger partial charge in [0.25, 0.3) is 0 Å². The van der Waals surface area contributed by atoms with E-state index in [9.17, 15) is 9.90 Å². The third kappa shape index (κ3) is 15.4. The highest BCUT2D eigenvalue weighted by Gasteiger charge is 2.27. The van der Waals surface area contributed by atoms with Crippen LogP contribution < -0.4 is 11.3 Å². The molecule has 0 heterocycles. The third-order valence-corrected chi connectivity index (χ3v) is 6.11. The average Bonchev–Trinajstić information content (AvgIpc) is 2.69. The highest BCUT2D eigenvalue weighted by Crippen LogP contribution is 2.41. The minimum atomic E-state index is -1.05. The van der Waals surface area contributed by atoms with E-state index in [1.165, 1.54) is 89.9 Å². The van der Waals surface area contributed by atoms with Gasteiger partial charge in [-0.1, -0.05) is 97.1 Å². The van der Waals surface area contributed by atoms with Crippen LogP contribution in [0.15, 0.2) is 24.3 Å². The minimum Gasteiger partial charge on any atom is -0.545 e. The summed E-state index contributed by atoms with van der Waals surface area (Å²) in [5.74, 6) is -1.05. The zero-order valence-electron chi connectivity index (χ0n) is 20.2. The van der Waals surface area contributed by atoms with Crippen LogP contribution in [0.3, 0.4) is 0 Å². The number of quaternary nitrogens is 1. The molecule has 0 aliphatic heterocycles. The van der Waals surface area contributed by atoms with Gasteiger partial charge in [0.2, 0.25) is 0 Å². The molecule has 172 valence electrons. The second-order valence-corrected chi connectivity index (χ2v) is 8.63. The summed E-state index contributed by atoms with van der Waals surface area (Å²) in [5.41, 5.74) is 0.973. The molecule has 0 aromatic rings. The van der Waals surface area contributed by atoms with Gasteiger partial charge in [0.15, 0.2) is 0 Å². The lowest BCUT2D eigenvalue weighted by molar-refractivity contribution is -0.299. The third-order valence-electron chi connectivity index (χ3n) is 6.11. The Morgan fingerprint density at radius 3 is 1.69 bits per heavy atom. The highest BCUT2D eigenvalue weighted by molar-refractivity contribution is 5.84. The lowest BCUT2D eigenvalue weighted by Crippen LogP contribution is -2.24. The summed E-state index contributed by atoms with van der Waals surface area (Å²) in [6.07, 6.45) is 24.6. The van der Waals surface area contributed by atoms with Crippen molar-refractivity contribution < 1.29 is 9.90 Å². The first-order chi connectivity index (χ1) is 13.5. The number of carbonyl (C=O) groups excluding carboxylic acids is 1. The van der Waals surface area contributed by atoms with E-state index in [-0.39, 0.29) is 6.15 Å². The van der Waals surface area contributed by atoms with E-state index in [0.717, 1.165) is 12.8 Å². The number of carboxylic acids is 1. The number of carboxylic acid groups (broad SMARTS) is 1. The fourth-order valence-electron chi connectivity index (χ4n) is 4.26. The van der Waals surface area contributed by atoms with Crippen LogP contribution in [-0.2, 0) is 4.79 Å². The first-order valence-corrected chi connectivity index (χ1v) is 12.1. The monoisotopic (exact) mass is 409 g/mol. The molecule has 0 rings (SSSR count). The second kappa shape index (κ2) is 20.2. The Morgan fingerprint density at radius 1 is 0.793 bits per heavy atom. The maximum absolute atomic E-state index is 11.0. The van der Waals surface area contributed by atoms with Crippen LogP contribution in [0.25, 0.3) is 0 Å². The van der Waals surface area contributed by atoms with E-state index in [0.29, 0.717) is 17.4 Å². The summed E-state index contributed by atoms with van der Waals surface area (Å²) < 4.78 is 0. The lowest BCUT2D eigenvalue weighted by Gasteiger charge is -2.35. The molecule has 0 saturated carbocycles. The van der Waals surface area contributed by atoms with E-state index in [1.54, 1.807) is 6.08 Å². The van der Waals surface area contributed by atoms with Crippen LogP contribution in [0.4, 0.5) is 0 Å². The molecule has 0 bridgehead atoms. The van der Waals surface area contributed by atoms with E-state index >= 15 is 0 Å². The van der Waals surface area contributed by atoms with Gasteiger partial charge in [0, 0.05) is 0 Å². The topological polar surface area (TPSA) is 76.6 Å². The van der Waals surface area contributed by atoms with Crippen molar-refractivity contribution in [1.29, 1.82) is 0 Å². The molecule has 0 fully saturated rings. The van der Waals surface area contributed by atoms with Crippen molar-refractivity contribution in [2.45, 2.75) is 130 Å². The van der Waals surface area contributed by atoms with Gasteiger partial charge in [-0.3, -0.25) is 0 Å². The number of carbonyl (C=O) groups is 1. The minimum absolute atomic E-state index is 0. The van der Waals surface area contributed by atoms with Gasteiger partial charge in [-0.2, -0.15) is 0 Å². The van der Waals surface area contributed by atoms with Crippen LogP contribution in [0.1, 0.15) is 130 Å². The number of hydrogen-bond acceptors (Lipinski definition) is 2. The van der Waals surface area contributed by atoms with Gasteiger partial charge in [-0.25, -0.2) is 0 Å². The smallest absolute Gasteiger partial charge is 0.0674 e. The van der Waals surface area contributed by atoms with Crippen molar-refractivity contribution in [1.82, 2.24) is 6.15 Å². The van der Waals surface area contributed by atoms with Crippen LogP contribution in [0.2, 0.25) is 0 Å². The van der Waals surface area contributed by atoms with E-state index < -0.39 is 5.97 Å². The maximum atomic E-state index is 11.0. The zero-order valence-corrected chi connectivity index (χ0v) is 20.2. The number of aliphatic carboxylic acids is 1. The second-order valence-electron chi connectivity index (χ2n) is 8.63. The molecule has 29 heavy (non-hydrogen) atoms. The highest BCUT2D eigenvalue weighted by atomic mass is 16.4. The number of hydrogen-bond donors (Lipinski definition) is 1. The van der Waals surface area contributed by atoms with Crippen LogP contribution in [0, 0.1) is 5.41 Å². The van der Waals surface area contributed by atoms with Crippen molar-refractivity contribution in [3.63, 3.8) is 0 Å². The Bertz CT molecular complexity index is 407. The van der Waals surface area contributed by atoms with E-state index in [2.05, 4.69) is 27.4 Å². The van der Waals surface area contributed by atoms with Crippen molar-refractivity contribution in [2.24, 2.45) is 5.41 Å². The molecule has 0 aliphatic carbocycles. The van der Waals surface area contributed by atoms with Crippen molar-refractivity contribution in [3.05, 3.63) is 24.3 Å². The first-order valence-electron chi connectivity index (χ1n) is 12.1. The number of rotatable bonds is 20. The molecule has 0 aliphatic rings. The molecule has 0 aromatic heterocycles. The summed E-state index contributed by atoms with van der Waals surface area (Å²) in [6.45, 7) is 10.6. The van der Waals surface area contributed by atoms with Gasteiger partial charge in [-0.15, -0.1) is 6.58 Å². The fourth-order valence-corrected chi connectivity index (χ4v) is 4.26. The summed E-state index contributed by atoms with van der Waals surface area (Å²) in [6, 6.07) is 0. The SMILES string of the molecule is C=CCC(=CCCCCCCCC(CCCC)(CCCC)CCCC)C(=O)[O-].[NH4+]. The van der Waals surface area contributed by atoms with Crippen LogP contribution >= 0.6 is 0 Å². The van der Waals surface area contributed by atoms with Crippen molar-refractivity contribution in [3.8, 4) is 0 Å². The first kappa shape index (κ1) is 30.1. The molecule has 0 saturated heterocycles. The predicted molar refractivity (Wildman–Crippen MR) is 127 cm³/mol. The Morgan fingerprint density at radius 2 is 1.24 bits per heavy atom. The standard InChI is InChI=1S/C26H48O2.H3N/c1-5-9-20-26(21-10-6-2,22-11-7-3)23-17-15-13-12-14-16-19-24(18-8-4)25(27)28;/h8,19H,4-7,9-18,20-23H2,1-3H3,(H,27,28);1H3. The van der Waals surface area contributed by atoms with Crippen molar-refractivity contribution in [2.75, 3.05) is 0 Å². The summed E-state index contributed by atoms with van der Waals surface area (Å²) in [5, 5.41) is 11.0. The van der Waals surface area contributed by atoms with E-state index in [4.69, 9.17) is 0 Å². The largest absolute Gasteiger partial charge is 0.545 e. The summed E-state index contributed by atoms with van der Waals surface area (Å²) in [4.78, 5) is 11.0. The quantitative estimate of drug-likeness (QED) is 0.126. The molecule has 0 spiro atoms. The van der Waals surface area contributed by atoms with Gasteiger partial charge in [0.1, 0.15) is 0 Å².